The lowest BCUT2D eigenvalue weighted by atomic mass is 9.94. The molecule has 0 radical (unpaired) electrons. The van der Waals surface area contributed by atoms with Crippen LogP contribution < -0.4 is 5.32 Å². The molecular weight excluding hydrogens is 758 g/mol. The normalized spacial score (nSPS) is 52.6. The Morgan fingerprint density at radius 3 is 1.04 bits per heavy atom. The van der Waals surface area contributed by atoms with Crippen LogP contribution in [0.25, 0.3) is 0 Å². The molecule has 5 rings (SSSR count). The van der Waals surface area contributed by atoms with Crippen molar-refractivity contribution in [3.05, 3.63) is 0 Å². The third-order valence-electron chi connectivity index (χ3n) is 10.4. The summed E-state index contributed by atoms with van der Waals surface area (Å²) in [5.41, 5.74) is 0. The lowest BCUT2D eigenvalue weighted by Crippen LogP contribution is -2.68. The lowest BCUT2D eigenvalue weighted by Gasteiger charge is -2.49. The molecular formula is C30H53NO24. The molecule has 0 aliphatic carbocycles. The monoisotopic (exact) mass is 811 g/mol. The van der Waals surface area contributed by atoms with Crippen LogP contribution in [0.4, 0.5) is 0 Å². The van der Waals surface area contributed by atoms with Crippen LogP contribution in [-0.2, 0) is 37.9 Å². The van der Waals surface area contributed by atoms with Crippen LogP contribution in [0.5, 0.6) is 0 Å². The second kappa shape index (κ2) is 19.4. The van der Waals surface area contributed by atoms with Crippen molar-refractivity contribution in [2.75, 3.05) is 39.6 Å². The summed E-state index contributed by atoms with van der Waals surface area (Å²) in [4.78, 5) is 0. The van der Waals surface area contributed by atoms with Crippen molar-refractivity contribution >= 4 is 0 Å². The molecule has 5 saturated heterocycles. The van der Waals surface area contributed by atoms with E-state index in [1.807, 2.05) is 0 Å². The quantitative estimate of drug-likeness (QED) is 0.0821. The van der Waals surface area contributed by atoms with Crippen molar-refractivity contribution in [2.24, 2.45) is 0 Å². The van der Waals surface area contributed by atoms with E-state index in [1.165, 1.54) is 0 Å². The highest BCUT2D eigenvalue weighted by Crippen LogP contribution is 2.35. The van der Waals surface area contributed by atoms with Gasteiger partial charge in [0.25, 0.3) is 0 Å². The van der Waals surface area contributed by atoms with E-state index < -0.39 is 180 Å². The molecule has 24 atom stereocenters. The van der Waals surface area contributed by atoms with Gasteiger partial charge in [0.1, 0.15) is 110 Å². The molecule has 25 nitrogen and oxygen atoms in total. The number of aliphatic hydroxyl groups excluding tert-OH is 16. The van der Waals surface area contributed by atoms with Gasteiger partial charge in [-0.15, -0.1) is 0 Å². The van der Waals surface area contributed by atoms with Crippen LogP contribution in [0.2, 0.25) is 0 Å². The van der Waals surface area contributed by atoms with Gasteiger partial charge in [0.05, 0.1) is 45.2 Å². The second-order valence-electron chi connectivity index (χ2n) is 14.0. The fraction of sp³-hybridized carbons (Fsp3) is 1.00. The number of hydrogen-bond acceptors (Lipinski definition) is 25. The molecule has 0 amide bonds. The largest absolute Gasteiger partial charge is 0.395 e. The van der Waals surface area contributed by atoms with Gasteiger partial charge in [-0.3, -0.25) is 0 Å². The summed E-state index contributed by atoms with van der Waals surface area (Å²) in [6.45, 7) is -4.21. The molecule has 322 valence electrons. The Balaban J connectivity index is 1.22. The third kappa shape index (κ3) is 9.26. The summed E-state index contributed by atoms with van der Waals surface area (Å²) in [5.74, 6) is 0. The predicted molar refractivity (Wildman–Crippen MR) is 167 cm³/mol. The van der Waals surface area contributed by atoms with Gasteiger partial charge in [-0.2, -0.15) is 0 Å². The van der Waals surface area contributed by atoms with Crippen molar-refractivity contribution in [3.63, 3.8) is 0 Å². The van der Waals surface area contributed by atoms with Crippen molar-refractivity contribution in [1.82, 2.24) is 5.32 Å². The Morgan fingerprint density at radius 2 is 0.691 bits per heavy atom. The van der Waals surface area contributed by atoms with Crippen molar-refractivity contribution in [1.29, 1.82) is 0 Å². The highest BCUT2D eigenvalue weighted by atomic mass is 16.8. The number of piperidine rings is 1. The Bertz CT molecular complexity index is 1170. The van der Waals surface area contributed by atoms with Gasteiger partial charge in [0.15, 0.2) is 25.2 Å². The van der Waals surface area contributed by atoms with Crippen LogP contribution in [0, 0.1) is 0 Å². The van der Waals surface area contributed by atoms with Gasteiger partial charge >= 0.3 is 0 Å². The Labute approximate surface area is 311 Å². The molecule has 55 heavy (non-hydrogen) atoms. The minimum absolute atomic E-state index is 0.0855. The predicted octanol–water partition coefficient (Wildman–Crippen LogP) is -11.7. The van der Waals surface area contributed by atoms with Crippen molar-refractivity contribution in [2.45, 2.75) is 147 Å². The third-order valence-corrected chi connectivity index (χ3v) is 10.4. The highest BCUT2D eigenvalue weighted by Gasteiger charge is 2.56. The van der Waals surface area contributed by atoms with E-state index >= 15 is 0 Å². The molecule has 0 bridgehead atoms. The average molecular weight is 812 g/mol. The van der Waals surface area contributed by atoms with Crippen LogP contribution in [-0.4, -0.2) is 268 Å². The summed E-state index contributed by atoms with van der Waals surface area (Å²) in [5, 5.41) is 169. The Hall–Kier alpha value is -1.00. The summed E-state index contributed by atoms with van der Waals surface area (Å²) in [6.07, 6.45) is -40.5. The van der Waals surface area contributed by atoms with Gasteiger partial charge in [-0.1, -0.05) is 0 Å². The number of aliphatic hydroxyl groups is 16. The minimum Gasteiger partial charge on any atom is -0.395 e. The van der Waals surface area contributed by atoms with E-state index in [1.54, 1.807) is 0 Å². The average Bonchev–Trinajstić information content (AvgIpc) is 3.18. The molecule has 0 spiro atoms. The van der Waals surface area contributed by atoms with E-state index in [4.69, 9.17) is 37.9 Å². The zero-order valence-electron chi connectivity index (χ0n) is 29.0. The Kier molecular flexibility index (Phi) is 15.9. The molecule has 0 unspecified atom stereocenters. The molecule has 0 aromatic heterocycles. The van der Waals surface area contributed by atoms with E-state index in [-0.39, 0.29) is 6.54 Å². The van der Waals surface area contributed by atoms with Crippen LogP contribution >= 0.6 is 0 Å². The summed E-state index contributed by atoms with van der Waals surface area (Å²) in [6, 6.07) is -0.921. The minimum atomic E-state index is -2.08. The van der Waals surface area contributed by atoms with Gasteiger partial charge in [-0.05, 0) is 0 Å². The highest BCUT2D eigenvalue weighted by molar-refractivity contribution is 4.99. The summed E-state index contributed by atoms with van der Waals surface area (Å²) < 4.78 is 44.4. The maximum atomic E-state index is 11.1. The van der Waals surface area contributed by atoms with Gasteiger partial charge in [-0.25, -0.2) is 0 Å². The summed E-state index contributed by atoms with van der Waals surface area (Å²) >= 11 is 0. The van der Waals surface area contributed by atoms with Crippen LogP contribution in [0.3, 0.4) is 0 Å². The molecule has 5 aliphatic rings. The van der Waals surface area contributed by atoms with E-state index in [0.29, 0.717) is 0 Å². The number of ether oxygens (including phenoxy) is 8. The summed E-state index contributed by atoms with van der Waals surface area (Å²) in [7, 11) is 0. The number of hydrogen-bond donors (Lipinski definition) is 17. The fourth-order valence-corrected chi connectivity index (χ4v) is 7.11. The van der Waals surface area contributed by atoms with E-state index in [9.17, 15) is 81.7 Å². The molecule has 5 aliphatic heterocycles. The van der Waals surface area contributed by atoms with Crippen molar-refractivity contribution < 1.29 is 120 Å². The molecule has 0 saturated carbocycles. The maximum Gasteiger partial charge on any atom is 0.187 e. The van der Waals surface area contributed by atoms with Gasteiger partial charge in [0.2, 0.25) is 0 Å². The first-order valence-electron chi connectivity index (χ1n) is 17.6. The Morgan fingerprint density at radius 1 is 0.364 bits per heavy atom. The van der Waals surface area contributed by atoms with Crippen LogP contribution in [0.1, 0.15) is 0 Å². The maximum absolute atomic E-state index is 11.1. The molecule has 0 aromatic rings. The first kappa shape index (κ1) is 45.1. The van der Waals surface area contributed by atoms with E-state index in [0.717, 1.165) is 0 Å². The SMILES string of the molecule is OC[C@H]1NC[C@H](O)[C@@H](O)[C@@H]1O[C@@H]1O[C@H](CO)[C@@H](O[C@@H]2O[C@H](CO)[C@@H](O[C@@H]3O[C@H](CO)[C@@H](O[C@@H]4O[C@H](CO)[C@@H](O)[C@H](O)[C@H]4O)[C@H](O)[C@H]3O)[C@H](O)[C@H]2O)[C@H](O)[C@H]1O. The molecule has 5 fully saturated rings. The number of nitrogens with one attached hydrogen (secondary N) is 1. The number of β-amino-alcohol motifs (C(OH)–C–C–N with tert-alkyl or cyclic N) is 1. The zero-order chi connectivity index (χ0) is 40.5. The molecule has 17 N–H and O–H groups in total. The standard InChI is InChI=1S/C30H53NO24/c32-2-7-23(13(38)8(37)1-31-7)52-28-20(45)16(41)25(10(4-34)49-28)54-30-22(47)18(43)26(12(6-36)51-30)55-29-21(46)17(42)24(11(5-35)50-29)53-27-19(44)15(40)14(39)9(3-33)48-27/h7-47H,1-6H2/t7-,8+,9-,10-,11-,12-,13-,14-,15+,16-,17-,18-,19-,20-,21-,22-,23-,24-,25-,26-,27+,28+,29+,30+/m1/s1. The molecule has 25 heteroatoms. The lowest BCUT2D eigenvalue weighted by molar-refractivity contribution is -0.390. The van der Waals surface area contributed by atoms with Gasteiger partial charge in [0, 0.05) is 6.54 Å². The van der Waals surface area contributed by atoms with Crippen molar-refractivity contribution in [3.8, 4) is 0 Å². The molecule has 0 aromatic carbocycles. The zero-order valence-corrected chi connectivity index (χ0v) is 29.0. The van der Waals surface area contributed by atoms with E-state index in [2.05, 4.69) is 5.32 Å². The number of rotatable bonds is 13. The van der Waals surface area contributed by atoms with Gasteiger partial charge < -0.3 is 125 Å². The first-order chi connectivity index (χ1) is 26.1. The fourth-order valence-electron chi connectivity index (χ4n) is 7.11. The molecule has 5 heterocycles. The smallest absolute Gasteiger partial charge is 0.187 e. The second-order valence-corrected chi connectivity index (χ2v) is 14.0. The first-order valence-corrected chi connectivity index (χ1v) is 17.6. The topological polar surface area (TPSA) is 410 Å². The van der Waals surface area contributed by atoms with Crippen LogP contribution in [0.15, 0.2) is 0 Å².